The van der Waals surface area contributed by atoms with Crippen LogP contribution in [0.2, 0.25) is 0 Å². The summed E-state index contributed by atoms with van der Waals surface area (Å²) in [6, 6.07) is 15.3. The number of hydrogen-bond donors (Lipinski definition) is 2. The molecule has 0 fully saturated rings. The Morgan fingerprint density at radius 3 is 1.86 bits per heavy atom. The molecule has 142 valence electrons. The summed E-state index contributed by atoms with van der Waals surface area (Å²) in [6.07, 6.45) is 3.09. The van der Waals surface area contributed by atoms with Gasteiger partial charge in [-0.2, -0.15) is 0 Å². The molecule has 2 aromatic carbocycles. The maximum absolute atomic E-state index is 12.7. The third kappa shape index (κ3) is 4.27. The van der Waals surface area contributed by atoms with Crippen molar-refractivity contribution in [2.24, 2.45) is 0 Å². The van der Waals surface area contributed by atoms with Crippen LogP contribution in [-0.4, -0.2) is 31.0 Å². The van der Waals surface area contributed by atoms with Crippen molar-refractivity contribution in [2.45, 2.75) is 0 Å². The molecule has 7 nitrogen and oxygen atoms in total. The number of pyridine rings is 1. The summed E-state index contributed by atoms with van der Waals surface area (Å²) in [7, 11) is 2.98. The average Bonchev–Trinajstić information content (AvgIpc) is 2.75. The number of nitrogens with zero attached hydrogens (tertiary/aromatic N) is 1. The van der Waals surface area contributed by atoms with Crippen LogP contribution in [0.3, 0.4) is 0 Å². The van der Waals surface area contributed by atoms with Gasteiger partial charge in [0.15, 0.2) is 0 Å². The molecular formula is C21H19N3O4. The monoisotopic (exact) mass is 377 g/mol. The van der Waals surface area contributed by atoms with Gasteiger partial charge in [-0.3, -0.25) is 14.6 Å². The Kier molecular flexibility index (Phi) is 5.86. The van der Waals surface area contributed by atoms with Crippen molar-refractivity contribution in [2.75, 3.05) is 24.9 Å². The molecule has 0 unspecified atom stereocenters. The van der Waals surface area contributed by atoms with E-state index in [0.717, 1.165) is 0 Å². The van der Waals surface area contributed by atoms with E-state index >= 15 is 0 Å². The molecule has 2 amide bonds. The van der Waals surface area contributed by atoms with Gasteiger partial charge in [-0.15, -0.1) is 0 Å². The van der Waals surface area contributed by atoms with Crippen molar-refractivity contribution < 1.29 is 19.1 Å². The number of nitrogens with one attached hydrogen (secondary N) is 2. The Hall–Kier alpha value is -3.87. The lowest BCUT2D eigenvalue weighted by Gasteiger charge is -2.13. The van der Waals surface area contributed by atoms with Crippen LogP contribution in [0.5, 0.6) is 11.5 Å². The predicted octanol–water partition coefficient (Wildman–Crippen LogP) is 3.60. The quantitative estimate of drug-likeness (QED) is 0.685. The van der Waals surface area contributed by atoms with E-state index in [0.29, 0.717) is 34.0 Å². The lowest BCUT2D eigenvalue weighted by Crippen LogP contribution is -2.15. The highest BCUT2D eigenvalue weighted by atomic mass is 16.5. The standard InChI is InChI=1S/C21H19N3O4/c1-27-17-6-3-7-18(28-2)19(17)21(26)24-16-10-8-15(9-11-16)23-20(25)14-5-4-12-22-13-14/h3-13H,1-2H3,(H,23,25)(H,24,26). The van der Waals surface area contributed by atoms with Gasteiger partial charge >= 0.3 is 0 Å². The molecule has 0 aliphatic carbocycles. The van der Waals surface area contributed by atoms with Crippen molar-refractivity contribution >= 4 is 23.2 Å². The van der Waals surface area contributed by atoms with Crippen LogP contribution in [0.15, 0.2) is 67.0 Å². The zero-order valence-corrected chi connectivity index (χ0v) is 15.4. The van der Waals surface area contributed by atoms with E-state index in [-0.39, 0.29) is 11.8 Å². The smallest absolute Gasteiger partial charge is 0.263 e. The van der Waals surface area contributed by atoms with Gasteiger partial charge in [-0.05, 0) is 48.5 Å². The first-order chi connectivity index (χ1) is 13.6. The number of anilines is 2. The molecule has 3 rings (SSSR count). The fraction of sp³-hybridized carbons (Fsp3) is 0.0952. The fourth-order valence-corrected chi connectivity index (χ4v) is 2.61. The van der Waals surface area contributed by atoms with Crippen molar-refractivity contribution in [1.29, 1.82) is 0 Å². The van der Waals surface area contributed by atoms with Gasteiger partial charge in [0.25, 0.3) is 11.8 Å². The molecule has 0 bridgehead atoms. The average molecular weight is 377 g/mol. The molecule has 7 heteroatoms. The summed E-state index contributed by atoms with van der Waals surface area (Å²) in [5, 5.41) is 5.57. The van der Waals surface area contributed by atoms with Crippen LogP contribution in [0.25, 0.3) is 0 Å². The number of rotatable bonds is 6. The van der Waals surface area contributed by atoms with Crippen LogP contribution in [0.4, 0.5) is 11.4 Å². The summed E-state index contributed by atoms with van der Waals surface area (Å²) in [5.41, 5.74) is 1.93. The van der Waals surface area contributed by atoms with Gasteiger partial charge in [0.1, 0.15) is 17.1 Å². The van der Waals surface area contributed by atoms with E-state index in [1.54, 1.807) is 60.8 Å². The van der Waals surface area contributed by atoms with Crippen LogP contribution in [0, 0.1) is 0 Å². The highest BCUT2D eigenvalue weighted by molar-refractivity contribution is 6.08. The summed E-state index contributed by atoms with van der Waals surface area (Å²) in [6.45, 7) is 0. The maximum atomic E-state index is 12.7. The molecular weight excluding hydrogens is 358 g/mol. The Labute approximate surface area is 162 Å². The maximum Gasteiger partial charge on any atom is 0.263 e. The molecule has 0 radical (unpaired) electrons. The normalized spacial score (nSPS) is 10.1. The third-order valence-corrected chi connectivity index (χ3v) is 3.98. The number of methoxy groups -OCH3 is 2. The molecule has 0 saturated heterocycles. The second-order valence-electron chi connectivity index (χ2n) is 5.76. The number of hydrogen-bond acceptors (Lipinski definition) is 5. The summed E-state index contributed by atoms with van der Waals surface area (Å²) in [5.74, 6) is 0.208. The van der Waals surface area contributed by atoms with E-state index < -0.39 is 0 Å². The summed E-state index contributed by atoms with van der Waals surface area (Å²) in [4.78, 5) is 28.8. The van der Waals surface area contributed by atoms with Gasteiger partial charge in [0.2, 0.25) is 0 Å². The Balaban J connectivity index is 1.71. The number of amides is 2. The molecule has 3 aromatic rings. The Morgan fingerprint density at radius 1 is 0.786 bits per heavy atom. The molecule has 0 aliphatic rings. The van der Waals surface area contributed by atoms with Gasteiger partial charge in [-0.1, -0.05) is 6.07 Å². The number of carbonyl (C=O) groups is 2. The molecule has 2 N–H and O–H groups in total. The van der Waals surface area contributed by atoms with E-state index in [4.69, 9.17) is 9.47 Å². The zero-order chi connectivity index (χ0) is 19.9. The van der Waals surface area contributed by atoms with Crippen LogP contribution < -0.4 is 20.1 Å². The summed E-state index contributed by atoms with van der Waals surface area (Å²) < 4.78 is 10.5. The summed E-state index contributed by atoms with van der Waals surface area (Å²) >= 11 is 0. The number of ether oxygens (including phenoxy) is 2. The third-order valence-electron chi connectivity index (χ3n) is 3.98. The lowest BCUT2D eigenvalue weighted by atomic mass is 10.1. The van der Waals surface area contributed by atoms with Gasteiger partial charge in [0, 0.05) is 23.8 Å². The molecule has 0 aliphatic heterocycles. The number of aromatic nitrogens is 1. The van der Waals surface area contributed by atoms with Crippen molar-refractivity contribution in [3.63, 3.8) is 0 Å². The second kappa shape index (κ2) is 8.68. The predicted molar refractivity (Wildman–Crippen MR) is 106 cm³/mol. The van der Waals surface area contributed by atoms with E-state index in [2.05, 4.69) is 15.6 Å². The van der Waals surface area contributed by atoms with Crippen LogP contribution >= 0.6 is 0 Å². The molecule has 0 saturated carbocycles. The van der Waals surface area contributed by atoms with Gasteiger partial charge in [0.05, 0.1) is 19.8 Å². The molecule has 0 atom stereocenters. The van der Waals surface area contributed by atoms with Gasteiger partial charge < -0.3 is 20.1 Å². The van der Waals surface area contributed by atoms with Crippen LogP contribution in [-0.2, 0) is 0 Å². The first-order valence-corrected chi connectivity index (χ1v) is 8.46. The molecule has 28 heavy (non-hydrogen) atoms. The first kappa shape index (κ1) is 18.9. The minimum Gasteiger partial charge on any atom is -0.496 e. The molecule has 1 aromatic heterocycles. The lowest BCUT2D eigenvalue weighted by molar-refractivity contribution is 0.101. The molecule has 0 spiro atoms. The van der Waals surface area contributed by atoms with Crippen molar-refractivity contribution in [1.82, 2.24) is 4.98 Å². The zero-order valence-electron chi connectivity index (χ0n) is 15.4. The minimum atomic E-state index is -0.360. The minimum absolute atomic E-state index is 0.261. The van der Waals surface area contributed by atoms with Crippen molar-refractivity contribution in [3.8, 4) is 11.5 Å². The topological polar surface area (TPSA) is 89.5 Å². The fourth-order valence-electron chi connectivity index (χ4n) is 2.61. The highest BCUT2D eigenvalue weighted by Crippen LogP contribution is 2.29. The molecule has 1 heterocycles. The first-order valence-electron chi connectivity index (χ1n) is 8.46. The van der Waals surface area contributed by atoms with E-state index in [1.807, 2.05) is 0 Å². The van der Waals surface area contributed by atoms with Crippen molar-refractivity contribution in [3.05, 3.63) is 78.1 Å². The van der Waals surface area contributed by atoms with E-state index in [1.165, 1.54) is 20.4 Å². The Morgan fingerprint density at radius 2 is 1.36 bits per heavy atom. The highest BCUT2D eigenvalue weighted by Gasteiger charge is 2.18. The van der Waals surface area contributed by atoms with Gasteiger partial charge in [-0.25, -0.2) is 0 Å². The SMILES string of the molecule is COc1cccc(OC)c1C(=O)Nc1ccc(NC(=O)c2cccnc2)cc1. The number of benzene rings is 2. The number of carbonyl (C=O) groups excluding carboxylic acids is 2. The Bertz CT molecular complexity index is 950. The van der Waals surface area contributed by atoms with E-state index in [9.17, 15) is 9.59 Å². The van der Waals surface area contributed by atoms with Crippen LogP contribution in [0.1, 0.15) is 20.7 Å². The largest absolute Gasteiger partial charge is 0.496 e. The second-order valence-corrected chi connectivity index (χ2v) is 5.76.